The summed E-state index contributed by atoms with van der Waals surface area (Å²) in [4.78, 5) is 0. The number of hydrogen-bond acceptors (Lipinski definition) is 0. The second-order valence-corrected chi connectivity index (χ2v) is 0. The zero-order chi connectivity index (χ0) is 0. The van der Waals surface area contributed by atoms with E-state index in [1.165, 1.54) is 0 Å². The van der Waals surface area contributed by atoms with Crippen LogP contribution in [0, 0.1) is 0 Å². The van der Waals surface area contributed by atoms with E-state index in [-0.39, 0.29) is 60.8 Å². The van der Waals surface area contributed by atoms with Crippen LogP contribution in [0.1, 0.15) is 0 Å². The van der Waals surface area contributed by atoms with Crippen LogP contribution in [0.15, 0.2) is 0 Å². The third-order valence-electron chi connectivity index (χ3n) is 0. The van der Waals surface area contributed by atoms with Crippen LogP contribution in [-0.4, -0.2) is 0 Å². The van der Waals surface area contributed by atoms with Crippen molar-refractivity contribution in [3.05, 3.63) is 0 Å². The summed E-state index contributed by atoms with van der Waals surface area (Å²) in [6.45, 7) is 0. The Hall–Kier alpha value is 1.73. The molecule has 0 N–H and O–H groups in total. The fourth-order valence-corrected chi connectivity index (χ4v) is 0. The molecule has 0 aliphatic carbocycles. The molecule has 0 saturated heterocycles. The van der Waals surface area contributed by atoms with Gasteiger partial charge in [-0.15, -0.1) is 0 Å². The van der Waals surface area contributed by atoms with Crippen molar-refractivity contribution in [3.63, 3.8) is 0 Å². The second-order valence-electron chi connectivity index (χ2n) is 0. The predicted octanol–water partition coefficient (Wildman–Crippen LogP) is 0.221. The van der Waals surface area contributed by atoms with Gasteiger partial charge in [0.2, 0.25) is 0 Å². The molecule has 0 fully saturated rings. The van der Waals surface area contributed by atoms with Gasteiger partial charge in [0.05, 0.1) is 0 Å². The summed E-state index contributed by atoms with van der Waals surface area (Å²) in [5.41, 5.74) is 0. The Morgan fingerprint density at radius 2 is 0.750 bits per heavy atom. The summed E-state index contributed by atoms with van der Waals surface area (Å²) in [6, 6.07) is 0. The molecule has 0 spiro atoms. The maximum Gasteiger partial charge on any atom is 0 e. The van der Waals surface area contributed by atoms with Gasteiger partial charge in [-0.3, -0.25) is 0 Å². The minimum absolute atomic E-state index is 0. The Morgan fingerprint density at radius 3 is 0.750 bits per heavy atom. The van der Waals surface area contributed by atoms with Gasteiger partial charge >= 0.3 is 0 Å². The SMILES string of the molecule is S.S.[Co].[Fe]. The molecule has 4 heavy (non-hydrogen) atoms. The van der Waals surface area contributed by atoms with Crippen LogP contribution in [0.5, 0.6) is 0 Å². The first-order valence-electron chi connectivity index (χ1n) is 0. The smallest absolute Gasteiger partial charge is 0 e. The van der Waals surface area contributed by atoms with Crippen molar-refractivity contribution in [3.8, 4) is 0 Å². The van der Waals surface area contributed by atoms with Crippen molar-refractivity contribution in [2.24, 2.45) is 0 Å². The maximum atomic E-state index is 0. The molecule has 0 unspecified atom stereocenters. The van der Waals surface area contributed by atoms with E-state index in [9.17, 15) is 0 Å². The van der Waals surface area contributed by atoms with Crippen molar-refractivity contribution in [2.75, 3.05) is 0 Å². The molecule has 0 aliphatic heterocycles. The van der Waals surface area contributed by atoms with E-state index in [0.29, 0.717) is 0 Å². The molecule has 0 aliphatic rings. The quantitative estimate of drug-likeness (QED) is 0.471. The van der Waals surface area contributed by atoms with E-state index in [1.807, 2.05) is 0 Å². The Balaban J connectivity index is 0. The molecule has 0 aromatic heterocycles. The molecule has 0 atom stereocenters. The van der Waals surface area contributed by atoms with Gasteiger partial charge in [0.1, 0.15) is 0 Å². The molecule has 0 nitrogen and oxygen atoms in total. The summed E-state index contributed by atoms with van der Waals surface area (Å²) < 4.78 is 0. The van der Waals surface area contributed by atoms with Gasteiger partial charge in [0.15, 0.2) is 0 Å². The first-order chi connectivity index (χ1) is 0. The van der Waals surface area contributed by atoms with Crippen molar-refractivity contribution < 1.29 is 33.8 Å². The molecule has 0 aromatic rings. The van der Waals surface area contributed by atoms with Gasteiger partial charge in [0, 0.05) is 33.8 Å². The van der Waals surface area contributed by atoms with Crippen molar-refractivity contribution in [1.82, 2.24) is 0 Å². The van der Waals surface area contributed by atoms with Crippen molar-refractivity contribution in [2.45, 2.75) is 0 Å². The van der Waals surface area contributed by atoms with E-state index in [1.54, 1.807) is 0 Å². The number of rotatable bonds is 0. The zero-order valence-electron chi connectivity index (χ0n) is 1.69. The van der Waals surface area contributed by atoms with Crippen LogP contribution >= 0.6 is 27.0 Å². The Morgan fingerprint density at radius 1 is 0.750 bits per heavy atom. The summed E-state index contributed by atoms with van der Waals surface area (Å²) >= 11 is 0. The average Bonchev–Trinajstić information content (AvgIpc) is 0. The Labute approximate surface area is 60.7 Å². The van der Waals surface area contributed by atoms with Crippen LogP contribution in [0.2, 0.25) is 0 Å². The Kier molecular flexibility index (Phi) is 236. The minimum atomic E-state index is 0. The summed E-state index contributed by atoms with van der Waals surface area (Å²) in [6.07, 6.45) is 0. The van der Waals surface area contributed by atoms with Gasteiger partial charge in [-0.1, -0.05) is 0 Å². The third kappa shape index (κ3) is 9.29. The average molecular weight is 183 g/mol. The van der Waals surface area contributed by atoms with Crippen LogP contribution in [0.25, 0.3) is 0 Å². The minimum Gasteiger partial charge on any atom is -0.197 e. The van der Waals surface area contributed by atoms with E-state index >= 15 is 0 Å². The van der Waals surface area contributed by atoms with E-state index < -0.39 is 0 Å². The maximum absolute atomic E-state index is 0. The third-order valence-corrected chi connectivity index (χ3v) is 0. The summed E-state index contributed by atoms with van der Waals surface area (Å²) in [7, 11) is 0. The standard InChI is InChI=1S/Co.Fe.2H2S/h;;2*1H2. The molecule has 0 bridgehead atoms. The van der Waals surface area contributed by atoms with E-state index in [4.69, 9.17) is 0 Å². The van der Waals surface area contributed by atoms with Crippen molar-refractivity contribution in [1.29, 1.82) is 0 Å². The van der Waals surface area contributed by atoms with Gasteiger partial charge in [-0.25, -0.2) is 0 Å². The van der Waals surface area contributed by atoms with Crippen molar-refractivity contribution >= 4 is 27.0 Å². The van der Waals surface area contributed by atoms with Crippen LogP contribution < -0.4 is 0 Å². The molecule has 4 heteroatoms. The largest absolute Gasteiger partial charge is 0.197 e. The first-order valence-corrected chi connectivity index (χ1v) is 0. The monoisotopic (exact) mass is 183 g/mol. The molecule has 33 valence electrons. The summed E-state index contributed by atoms with van der Waals surface area (Å²) in [5, 5.41) is 0. The molecular weight excluding hydrogens is 179 g/mol. The molecule has 1 radical (unpaired) electrons. The van der Waals surface area contributed by atoms with Crippen LogP contribution in [0.3, 0.4) is 0 Å². The molecule has 0 aromatic carbocycles. The molecule has 0 rings (SSSR count). The van der Waals surface area contributed by atoms with Gasteiger partial charge < -0.3 is 0 Å². The molecule has 0 heterocycles. The van der Waals surface area contributed by atoms with E-state index in [0.717, 1.165) is 0 Å². The second kappa shape index (κ2) is 22.0. The first kappa shape index (κ1) is 42.9. The van der Waals surface area contributed by atoms with Crippen LogP contribution in [-0.2, 0) is 33.8 Å². The van der Waals surface area contributed by atoms with Gasteiger partial charge in [-0.2, -0.15) is 27.0 Å². The number of hydrogen-bond donors (Lipinski definition) is 0. The molecule has 0 amide bonds. The van der Waals surface area contributed by atoms with Gasteiger partial charge in [0.25, 0.3) is 0 Å². The summed E-state index contributed by atoms with van der Waals surface area (Å²) in [5.74, 6) is 0. The fourth-order valence-electron chi connectivity index (χ4n) is 0. The normalized spacial score (nSPS) is 0. The molecule has 0 saturated carbocycles. The molecular formula is H4CoFeS2. The van der Waals surface area contributed by atoms with E-state index in [2.05, 4.69) is 0 Å². The fraction of sp³-hybridized carbons (Fsp3) is 0. The predicted molar refractivity (Wildman–Crippen MR) is 20.8 cm³/mol. The Bertz CT molecular complexity index is 6.00. The van der Waals surface area contributed by atoms with Crippen LogP contribution in [0.4, 0.5) is 0 Å². The zero-order valence-corrected chi connectivity index (χ0v) is 5.83. The van der Waals surface area contributed by atoms with Gasteiger partial charge in [-0.05, 0) is 0 Å². The topological polar surface area (TPSA) is 0 Å².